The molecule has 2 aromatic carbocycles. The molecule has 1 aliphatic rings. The molecular formula is C27H27F4N3O7. The van der Waals surface area contributed by atoms with Crippen molar-refractivity contribution in [3.8, 4) is 5.75 Å². The lowest BCUT2D eigenvalue weighted by Crippen LogP contribution is -2.56. The number of ketones is 1. The van der Waals surface area contributed by atoms with Crippen molar-refractivity contribution in [2.45, 2.75) is 51.6 Å². The first-order valence-corrected chi connectivity index (χ1v) is 12.5. The van der Waals surface area contributed by atoms with Gasteiger partial charge in [-0.05, 0) is 48.4 Å². The fraction of sp³-hybridized carbons (Fsp3) is 0.370. The fourth-order valence-electron chi connectivity index (χ4n) is 4.18. The zero-order chi connectivity index (χ0) is 30.4. The van der Waals surface area contributed by atoms with Gasteiger partial charge in [0.1, 0.15) is 18.7 Å². The first-order valence-electron chi connectivity index (χ1n) is 12.5. The molecule has 10 nitrogen and oxygen atoms in total. The second-order valence-corrected chi connectivity index (χ2v) is 9.70. The van der Waals surface area contributed by atoms with E-state index in [-0.39, 0.29) is 6.07 Å². The van der Waals surface area contributed by atoms with Crippen LogP contribution in [0.3, 0.4) is 0 Å². The SMILES string of the molecule is CC(C)[C@H](NC(=O)C(=O)Nc1ccc2c(c1)CCC2)C(=O)N[C@@H](CC(=O)O)C(=O)COc1c(F)c(F)cc(F)c1F. The standard InChI is InChI=1S/C27H27F4N3O7/c1-12(2)23(34-27(40)26(39)32-15-7-6-13-4-3-5-14(13)8-15)25(38)33-18(10-20(36)37)19(35)11-41-24-21(30)16(28)9-17(29)22(24)31/h6-9,12,18,23H,3-5,10-11H2,1-2H3,(H,32,39)(H,33,38)(H,34,40)(H,36,37)/t18-,23-/m0/s1. The molecule has 220 valence electrons. The maximum absolute atomic E-state index is 13.8. The van der Waals surface area contributed by atoms with Gasteiger partial charge in [-0.2, -0.15) is 8.78 Å². The minimum Gasteiger partial charge on any atom is -0.481 e. The van der Waals surface area contributed by atoms with E-state index in [4.69, 9.17) is 0 Å². The van der Waals surface area contributed by atoms with E-state index in [9.17, 15) is 46.6 Å². The van der Waals surface area contributed by atoms with Crippen LogP contribution in [0.25, 0.3) is 0 Å². The van der Waals surface area contributed by atoms with Crippen LogP contribution in [0.2, 0.25) is 0 Å². The zero-order valence-electron chi connectivity index (χ0n) is 22.0. The Morgan fingerprint density at radius 2 is 1.54 bits per heavy atom. The van der Waals surface area contributed by atoms with E-state index < -0.39 is 89.5 Å². The average Bonchev–Trinajstić information content (AvgIpc) is 3.37. The van der Waals surface area contributed by atoms with Gasteiger partial charge in [0.05, 0.1) is 6.42 Å². The molecule has 1 aliphatic carbocycles. The first kappa shape index (κ1) is 31.0. The second-order valence-electron chi connectivity index (χ2n) is 9.70. The summed E-state index contributed by atoms with van der Waals surface area (Å²) >= 11 is 0. The Balaban J connectivity index is 1.66. The third-order valence-corrected chi connectivity index (χ3v) is 6.31. The Hall–Kier alpha value is -4.49. The summed E-state index contributed by atoms with van der Waals surface area (Å²) in [5.74, 6) is -15.7. The number of fused-ring (bicyclic) bond motifs is 1. The van der Waals surface area contributed by atoms with Crippen molar-refractivity contribution in [3.63, 3.8) is 0 Å². The normalized spacial score (nSPS) is 13.6. The van der Waals surface area contributed by atoms with Crippen LogP contribution < -0.4 is 20.7 Å². The number of nitrogens with one attached hydrogen (secondary N) is 3. The van der Waals surface area contributed by atoms with E-state index in [1.165, 1.54) is 13.8 Å². The van der Waals surface area contributed by atoms with Crippen molar-refractivity contribution >= 4 is 35.2 Å². The van der Waals surface area contributed by atoms with Crippen LogP contribution in [-0.4, -0.2) is 53.3 Å². The molecule has 0 fully saturated rings. The lowest BCUT2D eigenvalue weighted by molar-refractivity contribution is -0.141. The largest absolute Gasteiger partial charge is 0.481 e. The average molecular weight is 582 g/mol. The van der Waals surface area contributed by atoms with Gasteiger partial charge in [0.15, 0.2) is 23.2 Å². The Bertz CT molecular complexity index is 1360. The summed E-state index contributed by atoms with van der Waals surface area (Å²) < 4.78 is 59.1. The van der Waals surface area contributed by atoms with Crippen molar-refractivity contribution in [3.05, 3.63) is 58.7 Å². The Morgan fingerprint density at radius 3 is 2.15 bits per heavy atom. The molecule has 3 amide bonds. The lowest BCUT2D eigenvalue weighted by Gasteiger charge is -2.24. The number of hydrogen-bond acceptors (Lipinski definition) is 6. The van der Waals surface area contributed by atoms with Crippen LogP contribution >= 0.6 is 0 Å². The summed E-state index contributed by atoms with van der Waals surface area (Å²) in [6, 6.07) is 1.92. The number of aliphatic carboxylic acids is 1. The molecule has 0 heterocycles. The molecule has 2 aromatic rings. The Kier molecular flexibility index (Phi) is 10.0. The number of Topliss-reactive ketones (excluding diaryl/α,β-unsaturated/α-hetero) is 1. The maximum Gasteiger partial charge on any atom is 0.313 e. The third kappa shape index (κ3) is 7.80. The number of benzene rings is 2. The first-order chi connectivity index (χ1) is 19.3. The number of carboxylic acid groups (broad SMARTS) is 1. The number of rotatable bonds is 11. The monoisotopic (exact) mass is 581 g/mol. The minimum absolute atomic E-state index is 0.0703. The van der Waals surface area contributed by atoms with Crippen molar-refractivity contribution < 1.29 is 51.4 Å². The zero-order valence-corrected chi connectivity index (χ0v) is 22.0. The van der Waals surface area contributed by atoms with E-state index in [1.807, 2.05) is 6.07 Å². The molecule has 0 unspecified atom stereocenters. The molecule has 0 aromatic heterocycles. The van der Waals surface area contributed by atoms with Gasteiger partial charge >= 0.3 is 17.8 Å². The predicted octanol–water partition coefficient (Wildman–Crippen LogP) is 2.42. The number of ether oxygens (including phenoxy) is 1. The van der Waals surface area contributed by atoms with Gasteiger partial charge in [0.2, 0.25) is 17.5 Å². The van der Waals surface area contributed by atoms with Gasteiger partial charge in [-0.25, -0.2) is 8.78 Å². The topological polar surface area (TPSA) is 151 Å². The smallest absolute Gasteiger partial charge is 0.313 e. The van der Waals surface area contributed by atoms with E-state index in [2.05, 4.69) is 20.7 Å². The summed E-state index contributed by atoms with van der Waals surface area (Å²) in [6.45, 7) is 1.74. The van der Waals surface area contributed by atoms with Crippen molar-refractivity contribution in [2.75, 3.05) is 11.9 Å². The van der Waals surface area contributed by atoms with Crippen molar-refractivity contribution in [1.82, 2.24) is 10.6 Å². The molecule has 4 N–H and O–H groups in total. The van der Waals surface area contributed by atoms with Crippen LogP contribution in [0.4, 0.5) is 23.2 Å². The summed E-state index contributed by atoms with van der Waals surface area (Å²) in [5, 5.41) is 16.0. The van der Waals surface area contributed by atoms with Crippen molar-refractivity contribution in [1.29, 1.82) is 0 Å². The summed E-state index contributed by atoms with van der Waals surface area (Å²) in [6.07, 6.45) is 1.73. The fourth-order valence-corrected chi connectivity index (χ4v) is 4.18. The van der Waals surface area contributed by atoms with E-state index in [0.29, 0.717) is 5.69 Å². The van der Waals surface area contributed by atoms with Gasteiger partial charge in [-0.15, -0.1) is 0 Å². The molecule has 0 aliphatic heterocycles. The highest BCUT2D eigenvalue weighted by molar-refractivity contribution is 6.40. The number of anilines is 1. The summed E-state index contributed by atoms with van der Waals surface area (Å²) in [5.41, 5.74) is 2.58. The lowest BCUT2D eigenvalue weighted by atomic mass is 10.0. The van der Waals surface area contributed by atoms with Crippen LogP contribution in [0.5, 0.6) is 5.75 Å². The summed E-state index contributed by atoms with van der Waals surface area (Å²) in [4.78, 5) is 61.9. The van der Waals surface area contributed by atoms with Gasteiger partial charge in [-0.1, -0.05) is 19.9 Å². The van der Waals surface area contributed by atoms with Gasteiger partial charge in [0, 0.05) is 11.8 Å². The van der Waals surface area contributed by atoms with E-state index >= 15 is 0 Å². The highest BCUT2D eigenvalue weighted by atomic mass is 19.2. The number of aryl methyl sites for hydroxylation is 2. The number of carboxylic acids is 1. The molecule has 0 saturated carbocycles. The van der Waals surface area contributed by atoms with Gasteiger partial charge < -0.3 is 25.8 Å². The number of carbonyl (C=O) groups is 5. The quantitative estimate of drug-likeness (QED) is 0.181. The number of hydrogen-bond donors (Lipinski definition) is 4. The van der Waals surface area contributed by atoms with Crippen LogP contribution in [0.1, 0.15) is 37.8 Å². The van der Waals surface area contributed by atoms with Crippen LogP contribution in [-0.2, 0) is 36.8 Å². The molecule has 2 atom stereocenters. The molecule has 0 bridgehead atoms. The van der Waals surface area contributed by atoms with Crippen molar-refractivity contribution in [2.24, 2.45) is 5.92 Å². The second kappa shape index (κ2) is 13.2. The molecule has 0 saturated heterocycles. The highest BCUT2D eigenvalue weighted by Gasteiger charge is 2.32. The highest BCUT2D eigenvalue weighted by Crippen LogP contribution is 2.27. The summed E-state index contributed by atoms with van der Waals surface area (Å²) in [7, 11) is 0. The number of amides is 3. The molecule has 0 spiro atoms. The van der Waals surface area contributed by atoms with Gasteiger partial charge in [-0.3, -0.25) is 24.0 Å². The number of halogens is 4. The molecule has 41 heavy (non-hydrogen) atoms. The van der Waals surface area contributed by atoms with Crippen LogP contribution in [0, 0.1) is 29.2 Å². The third-order valence-electron chi connectivity index (χ3n) is 6.31. The number of carbonyl (C=O) groups excluding carboxylic acids is 4. The van der Waals surface area contributed by atoms with Gasteiger partial charge in [0.25, 0.3) is 0 Å². The molecular weight excluding hydrogens is 554 g/mol. The minimum atomic E-state index is -1.92. The van der Waals surface area contributed by atoms with E-state index in [1.54, 1.807) is 12.1 Å². The molecule has 3 rings (SSSR count). The maximum atomic E-state index is 13.8. The predicted molar refractivity (Wildman–Crippen MR) is 135 cm³/mol. The van der Waals surface area contributed by atoms with E-state index in [0.717, 1.165) is 30.4 Å². The van der Waals surface area contributed by atoms with Crippen LogP contribution in [0.15, 0.2) is 24.3 Å². The Morgan fingerprint density at radius 1 is 0.902 bits per heavy atom. The molecule has 14 heteroatoms. The molecule has 0 radical (unpaired) electrons. The Labute approximate surface area is 231 Å².